The van der Waals surface area contributed by atoms with E-state index in [1.807, 2.05) is 0 Å². The monoisotopic (exact) mass is 462 g/mol. The quantitative estimate of drug-likeness (QED) is 0.618. The second kappa shape index (κ2) is 7.61. The molecule has 0 fully saturated rings. The molecular weight excluding hydrogens is 433 g/mol. The Morgan fingerprint density at radius 1 is 1.19 bits per heavy atom. The number of halogens is 2. The molecule has 0 spiro atoms. The summed E-state index contributed by atoms with van der Waals surface area (Å²) in [6, 6.07) is 5.86. The van der Waals surface area contributed by atoms with Crippen molar-refractivity contribution in [3.63, 3.8) is 0 Å². The molecule has 2 nitrogen and oxygen atoms in total. The Morgan fingerprint density at radius 3 is 2.23 bits per heavy atom. The second-order valence-electron chi connectivity index (χ2n) is 9.40. The van der Waals surface area contributed by atoms with Crippen molar-refractivity contribution in [3.05, 3.63) is 28.5 Å². The summed E-state index contributed by atoms with van der Waals surface area (Å²) < 4.78 is 7.08. The van der Waals surface area contributed by atoms with E-state index >= 15 is 0 Å². The minimum atomic E-state index is -1.65. The van der Waals surface area contributed by atoms with Crippen LogP contribution in [0.2, 0.25) is 32.2 Å². The standard InChI is InChI=1S/C19H30NOSi2.2ClH.Ti/c1-9-23(8)15-12-13-10-11-14(21-22(5,6)7)17(16(13)18(15)23)20-19(2,3)4;;;/h10-12,20H,9H2,1-8H3;2*1H;/q;;;+2/p-2. The molecule has 26 heavy (non-hydrogen) atoms. The fourth-order valence-electron chi connectivity index (χ4n) is 3.86. The van der Waals surface area contributed by atoms with Crippen molar-refractivity contribution in [3.8, 4) is 5.75 Å². The van der Waals surface area contributed by atoms with Gasteiger partial charge < -0.3 is 24.8 Å². The Kier molecular flexibility index (Phi) is 7.12. The Balaban J connectivity index is 0.00000169. The number of hydrogen-bond acceptors (Lipinski definition) is 2. The van der Waals surface area contributed by atoms with Crippen LogP contribution < -0.4 is 34.6 Å². The van der Waals surface area contributed by atoms with Gasteiger partial charge in [0.2, 0.25) is 0 Å². The van der Waals surface area contributed by atoms with Crippen LogP contribution in [0.4, 0.5) is 5.69 Å². The van der Waals surface area contributed by atoms with Gasteiger partial charge in [-0.15, -0.1) is 0 Å². The zero-order valence-electron chi connectivity index (χ0n) is 17.1. The fraction of sp³-hybridized carbons (Fsp3) is 0.579. The number of nitrogens with one attached hydrogen (secondary N) is 1. The maximum atomic E-state index is 6.48. The average molecular weight is 463 g/mol. The van der Waals surface area contributed by atoms with Crippen molar-refractivity contribution >= 4 is 27.3 Å². The van der Waals surface area contributed by atoms with Gasteiger partial charge in [-0.2, -0.15) is 0 Å². The van der Waals surface area contributed by atoms with Crippen molar-refractivity contribution in [1.29, 1.82) is 0 Å². The fourth-order valence-corrected chi connectivity index (χ4v) is 11.1. The Morgan fingerprint density at radius 2 is 1.77 bits per heavy atom. The van der Waals surface area contributed by atoms with Gasteiger partial charge in [-0.05, 0) is 0 Å². The van der Waals surface area contributed by atoms with Crippen LogP contribution in [-0.2, 0) is 20.4 Å². The zero-order valence-corrected chi connectivity index (χ0v) is 22.2. The van der Waals surface area contributed by atoms with Crippen molar-refractivity contribution in [1.82, 2.24) is 0 Å². The molecule has 2 atom stereocenters. The van der Waals surface area contributed by atoms with E-state index in [4.69, 9.17) is 4.43 Å². The molecule has 1 aromatic rings. The van der Waals surface area contributed by atoms with Gasteiger partial charge in [-0.25, -0.2) is 0 Å². The van der Waals surface area contributed by atoms with Crippen molar-refractivity contribution in [2.45, 2.75) is 69.7 Å². The molecule has 1 heterocycles. The number of anilines is 1. The van der Waals surface area contributed by atoms with Crippen molar-refractivity contribution in [2.75, 3.05) is 5.32 Å². The van der Waals surface area contributed by atoms with E-state index in [0.717, 1.165) is 5.75 Å². The number of rotatable bonds is 4. The Hall–Kier alpha value is 0.288. The number of allylic oxidation sites excluding steroid dienone is 1. The maximum Gasteiger partial charge on any atom is -1.00 e. The first-order valence-corrected chi connectivity index (χ1v) is 16.0. The molecule has 1 aromatic carbocycles. The van der Waals surface area contributed by atoms with Gasteiger partial charge >= 0.3 is 161 Å². The first-order chi connectivity index (χ1) is 10.9. The van der Waals surface area contributed by atoms with E-state index in [9.17, 15) is 0 Å². The van der Waals surface area contributed by atoms with E-state index < -0.39 is 16.4 Å². The molecule has 0 bridgehead atoms. The zero-order chi connectivity index (χ0) is 18.1. The molecule has 7 heteroatoms. The van der Waals surface area contributed by atoms with Crippen LogP contribution in [0.3, 0.4) is 0 Å². The summed E-state index contributed by atoms with van der Waals surface area (Å²) in [5.74, 6) is 1.06. The van der Waals surface area contributed by atoms with Crippen molar-refractivity contribution < 1.29 is 49.7 Å². The summed E-state index contributed by atoms with van der Waals surface area (Å²) in [7, 11) is -2.93. The summed E-state index contributed by atoms with van der Waals surface area (Å²) in [6.45, 7) is 18.4. The van der Waals surface area contributed by atoms with Crippen LogP contribution in [0.25, 0.3) is 5.20 Å². The van der Waals surface area contributed by atoms with E-state index in [2.05, 4.69) is 91.8 Å². The molecule has 3 rings (SSSR count). The molecule has 0 radical (unpaired) electrons. The predicted octanol–water partition coefficient (Wildman–Crippen LogP) is -0.336. The molecule has 0 aromatic heterocycles. The molecule has 2 unspecified atom stereocenters. The minimum absolute atomic E-state index is 0. The SMILES string of the molecule is CC[Si]1(C)C2=C1[CH]([Ti+2])c1ccc(O[Si](C)(C)C)c(NC(C)(C)C)c12.[Cl-].[Cl-]. The first kappa shape index (κ1) is 24.3. The molecule has 1 N–H and O–H groups in total. The normalized spacial score (nSPS) is 23.5. The van der Waals surface area contributed by atoms with Crippen LogP contribution in [0.5, 0.6) is 5.75 Å². The molecule has 0 saturated heterocycles. The Bertz CT molecular complexity index is 740. The minimum Gasteiger partial charge on any atom is -1.00 e. The van der Waals surface area contributed by atoms with Gasteiger partial charge in [0.25, 0.3) is 0 Å². The van der Waals surface area contributed by atoms with Gasteiger partial charge in [0.15, 0.2) is 0 Å². The molecule has 1 aliphatic carbocycles. The van der Waals surface area contributed by atoms with Crippen LogP contribution in [0.15, 0.2) is 17.3 Å². The topological polar surface area (TPSA) is 21.3 Å². The third kappa shape index (κ3) is 4.16. The van der Waals surface area contributed by atoms with Crippen molar-refractivity contribution in [2.24, 2.45) is 0 Å². The van der Waals surface area contributed by atoms with Gasteiger partial charge in [0.05, 0.1) is 0 Å². The van der Waals surface area contributed by atoms with Crippen LogP contribution in [0.1, 0.15) is 43.0 Å². The van der Waals surface area contributed by atoms with E-state index in [0.29, 0.717) is 4.22 Å². The maximum absolute atomic E-state index is 6.48. The third-order valence-electron chi connectivity index (χ3n) is 5.03. The average Bonchev–Trinajstić information content (AvgIpc) is 2.89. The van der Waals surface area contributed by atoms with Gasteiger partial charge in [-0.3, -0.25) is 0 Å². The smallest absolute Gasteiger partial charge is 1.00 e. The van der Waals surface area contributed by atoms with Gasteiger partial charge in [0.1, 0.15) is 0 Å². The number of hydrogen-bond donors (Lipinski definition) is 1. The van der Waals surface area contributed by atoms with Crippen LogP contribution in [-0.4, -0.2) is 21.9 Å². The predicted molar refractivity (Wildman–Crippen MR) is 106 cm³/mol. The number of fused-ring (bicyclic) bond motifs is 2. The summed E-state index contributed by atoms with van der Waals surface area (Å²) in [5, 5.41) is 7.31. The second-order valence-corrected chi connectivity index (χ2v) is 19.1. The van der Waals surface area contributed by atoms with Gasteiger partial charge in [-0.1, -0.05) is 0 Å². The molecule has 2 aliphatic rings. The summed E-state index contributed by atoms with van der Waals surface area (Å²) >= 11 is 2.40. The molecule has 1 aliphatic heterocycles. The largest absolute Gasteiger partial charge is 1.00 e. The van der Waals surface area contributed by atoms with Gasteiger partial charge in [0, 0.05) is 0 Å². The van der Waals surface area contributed by atoms with E-state index in [1.165, 1.54) is 22.9 Å². The first-order valence-electron chi connectivity index (χ1n) is 9.00. The Labute approximate surface area is 185 Å². The summed E-state index contributed by atoms with van der Waals surface area (Å²) in [5.41, 5.74) is 4.29. The summed E-state index contributed by atoms with van der Waals surface area (Å²) in [6.07, 6.45) is 0. The van der Waals surface area contributed by atoms with Crippen LogP contribution in [0, 0.1) is 0 Å². The molecule has 0 amide bonds. The van der Waals surface area contributed by atoms with E-state index in [1.54, 1.807) is 10.4 Å². The third-order valence-corrected chi connectivity index (χ3v) is 11.8. The van der Waals surface area contributed by atoms with E-state index in [-0.39, 0.29) is 30.4 Å². The molecule has 143 valence electrons. The molecular formula is C19H30Cl2NOSi2Ti. The molecule has 0 saturated carbocycles. The van der Waals surface area contributed by atoms with Crippen LogP contribution >= 0.6 is 0 Å². The number of benzene rings is 1. The summed E-state index contributed by atoms with van der Waals surface area (Å²) in [4.78, 5) is 0.